The molecule has 0 spiro atoms. The maximum absolute atomic E-state index is 5.65. The van der Waals surface area contributed by atoms with Crippen molar-refractivity contribution in [1.29, 1.82) is 0 Å². The molecule has 0 amide bonds. The minimum atomic E-state index is 0.0596. The third kappa shape index (κ3) is 2.44. The summed E-state index contributed by atoms with van der Waals surface area (Å²) in [5.74, 6) is 1.66. The first-order chi connectivity index (χ1) is 8.80. The molecule has 2 heterocycles. The summed E-state index contributed by atoms with van der Waals surface area (Å²) in [4.78, 5) is 10.7. The van der Waals surface area contributed by atoms with Gasteiger partial charge in [-0.25, -0.2) is 9.97 Å². The standard InChI is InChI=1S/C12H19N5O/c1-3-10-11(14-2)15-8-16-12(10)17-4-5-18-9(6-13)7-17/h3,8-9H,1,4-7,13H2,2H3,(H,14,15,16). The van der Waals surface area contributed by atoms with Gasteiger partial charge in [-0.05, 0) is 0 Å². The molecular weight excluding hydrogens is 230 g/mol. The number of morpholine rings is 1. The van der Waals surface area contributed by atoms with Gasteiger partial charge in [0.2, 0.25) is 0 Å². The van der Waals surface area contributed by atoms with Crippen LogP contribution in [0.3, 0.4) is 0 Å². The van der Waals surface area contributed by atoms with Crippen molar-refractivity contribution in [3.63, 3.8) is 0 Å². The lowest BCUT2D eigenvalue weighted by Gasteiger charge is -2.34. The van der Waals surface area contributed by atoms with Gasteiger partial charge in [-0.2, -0.15) is 0 Å². The molecule has 1 aromatic rings. The predicted octanol–water partition coefficient (Wildman–Crippen LogP) is 0.325. The predicted molar refractivity (Wildman–Crippen MR) is 72.7 cm³/mol. The molecule has 1 aliphatic rings. The number of nitrogens with one attached hydrogen (secondary N) is 1. The summed E-state index contributed by atoms with van der Waals surface area (Å²) in [5, 5.41) is 3.05. The van der Waals surface area contributed by atoms with E-state index in [-0.39, 0.29) is 6.10 Å². The highest BCUT2D eigenvalue weighted by molar-refractivity contribution is 5.72. The topological polar surface area (TPSA) is 76.3 Å². The molecule has 1 unspecified atom stereocenters. The summed E-state index contributed by atoms with van der Waals surface area (Å²) in [6.07, 6.45) is 3.39. The molecule has 0 bridgehead atoms. The van der Waals surface area contributed by atoms with E-state index in [1.807, 2.05) is 7.05 Å². The number of nitrogens with two attached hydrogens (primary N) is 1. The molecule has 6 heteroatoms. The van der Waals surface area contributed by atoms with Gasteiger partial charge in [0.15, 0.2) is 0 Å². The molecule has 1 aliphatic heterocycles. The highest BCUT2D eigenvalue weighted by atomic mass is 16.5. The summed E-state index contributed by atoms with van der Waals surface area (Å²) >= 11 is 0. The zero-order valence-corrected chi connectivity index (χ0v) is 10.6. The first-order valence-corrected chi connectivity index (χ1v) is 6.02. The molecule has 1 atom stereocenters. The Morgan fingerprint density at radius 3 is 3.17 bits per heavy atom. The fourth-order valence-electron chi connectivity index (χ4n) is 2.08. The molecular formula is C12H19N5O. The second-order valence-corrected chi connectivity index (χ2v) is 4.09. The summed E-state index contributed by atoms with van der Waals surface area (Å²) in [6.45, 7) is 6.56. The van der Waals surface area contributed by atoms with E-state index >= 15 is 0 Å². The van der Waals surface area contributed by atoms with Crippen LogP contribution in [0.15, 0.2) is 12.9 Å². The van der Waals surface area contributed by atoms with Gasteiger partial charge < -0.3 is 20.7 Å². The minimum Gasteiger partial charge on any atom is -0.373 e. The van der Waals surface area contributed by atoms with Gasteiger partial charge >= 0.3 is 0 Å². The van der Waals surface area contributed by atoms with E-state index in [0.717, 1.165) is 30.3 Å². The number of hydrogen-bond acceptors (Lipinski definition) is 6. The SMILES string of the molecule is C=Cc1c(NC)ncnc1N1CCOC(CN)C1. The molecule has 1 saturated heterocycles. The Balaban J connectivity index is 2.29. The van der Waals surface area contributed by atoms with Crippen molar-refractivity contribution >= 4 is 17.7 Å². The van der Waals surface area contributed by atoms with Crippen molar-refractivity contribution in [2.24, 2.45) is 5.73 Å². The van der Waals surface area contributed by atoms with E-state index in [0.29, 0.717) is 13.2 Å². The third-order valence-electron chi connectivity index (χ3n) is 3.01. The van der Waals surface area contributed by atoms with E-state index < -0.39 is 0 Å². The second-order valence-electron chi connectivity index (χ2n) is 4.09. The average molecular weight is 249 g/mol. The Hall–Kier alpha value is -1.66. The van der Waals surface area contributed by atoms with Gasteiger partial charge in [0, 0.05) is 26.7 Å². The van der Waals surface area contributed by atoms with Gasteiger partial charge in [-0.1, -0.05) is 12.7 Å². The molecule has 0 aromatic carbocycles. The first-order valence-electron chi connectivity index (χ1n) is 6.02. The van der Waals surface area contributed by atoms with Gasteiger partial charge in [-0.15, -0.1) is 0 Å². The number of ether oxygens (including phenoxy) is 1. The Labute approximate surface area is 107 Å². The molecule has 0 saturated carbocycles. The van der Waals surface area contributed by atoms with Crippen LogP contribution in [0.4, 0.5) is 11.6 Å². The van der Waals surface area contributed by atoms with Crippen LogP contribution in [0.2, 0.25) is 0 Å². The van der Waals surface area contributed by atoms with Gasteiger partial charge in [-0.3, -0.25) is 0 Å². The smallest absolute Gasteiger partial charge is 0.141 e. The third-order valence-corrected chi connectivity index (χ3v) is 3.01. The van der Waals surface area contributed by atoms with Gasteiger partial charge in [0.1, 0.15) is 18.0 Å². The van der Waals surface area contributed by atoms with Crippen molar-refractivity contribution in [2.45, 2.75) is 6.10 Å². The molecule has 3 N–H and O–H groups in total. The molecule has 18 heavy (non-hydrogen) atoms. The summed E-state index contributed by atoms with van der Waals surface area (Å²) < 4.78 is 5.56. The van der Waals surface area contributed by atoms with Crippen LogP contribution >= 0.6 is 0 Å². The molecule has 2 rings (SSSR count). The lowest BCUT2D eigenvalue weighted by Crippen LogP contribution is -2.46. The van der Waals surface area contributed by atoms with E-state index in [4.69, 9.17) is 10.5 Å². The van der Waals surface area contributed by atoms with Crippen LogP contribution in [0.5, 0.6) is 0 Å². The van der Waals surface area contributed by atoms with Crippen molar-refractivity contribution < 1.29 is 4.74 Å². The van der Waals surface area contributed by atoms with Crippen LogP contribution in [0.25, 0.3) is 6.08 Å². The molecule has 1 fully saturated rings. The zero-order chi connectivity index (χ0) is 13.0. The number of nitrogens with zero attached hydrogens (tertiary/aromatic N) is 3. The van der Waals surface area contributed by atoms with Gasteiger partial charge in [0.25, 0.3) is 0 Å². The van der Waals surface area contributed by atoms with Gasteiger partial charge in [0.05, 0.1) is 18.3 Å². The fraction of sp³-hybridized carbons (Fsp3) is 0.500. The molecule has 0 aliphatic carbocycles. The molecule has 1 aromatic heterocycles. The molecule has 6 nitrogen and oxygen atoms in total. The lowest BCUT2D eigenvalue weighted by atomic mass is 10.2. The Bertz CT molecular complexity index is 423. The normalized spacial score (nSPS) is 19.7. The van der Waals surface area contributed by atoms with E-state index in [9.17, 15) is 0 Å². The maximum atomic E-state index is 5.65. The molecule has 0 radical (unpaired) electrons. The Morgan fingerprint density at radius 2 is 2.50 bits per heavy atom. The monoisotopic (exact) mass is 249 g/mol. The Morgan fingerprint density at radius 1 is 1.67 bits per heavy atom. The highest BCUT2D eigenvalue weighted by Crippen LogP contribution is 2.25. The van der Waals surface area contributed by atoms with Crippen molar-refractivity contribution in [3.8, 4) is 0 Å². The zero-order valence-electron chi connectivity index (χ0n) is 10.6. The average Bonchev–Trinajstić information content (AvgIpc) is 2.46. The largest absolute Gasteiger partial charge is 0.373 e. The van der Waals surface area contributed by atoms with Crippen molar-refractivity contribution in [1.82, 2.24) is 9.97 Å². The van der Waals surface area contributed by atoms with Crippen molar-refractivity contribution in [3.05, 3.63) is 18.5 Å². The Kier molecular flexibility index (Phi) is 4.11. The van der Waals surface area contributed by atoms with E-state index in [1.165, 1.54) is 0 Å². The van der Waals surface area contributed by atoms with Crippen LogP contribution in [0.1, 0.15) is 5.56 Å². The highest BCUT2D eigenvalue weighted by Gasteiger charge is 2.22. The quantitative estimate of drug-likeness (QED) is 0.800. The number of anilines is 2. The summed E-state index contributed by atoms with van der Waals surface area (Å²) in [7, 11) is 1.83. The summed E-state index contributed by atoms with van der Waals surface area (Å²) in [5.41, 5.74) is 6.57. The fourth-order valence-corrected chi connectivity index (χ4v) is 2.08. The minimum absolute atomic E-state index is 0.0596. The summed E-state index contributed by atoms with van der Waals surface area (Å²) in [6, 6.07) is 0. The first kappa shape index (κ1) is 12.8. The number of hydrogen-bond donors (Lipinski definition) is 2. The van der Waals surface area contributed by atoms with Crippen LogP contribution in [-0.4, -0.2) is 49.4 Å². The van der Waals surface area contributed by atoms with E-state index in [1.54, 1.807) is 12.4 Å². The lowest BCUT2D eigenvalue weighted by molar-refractivity contribution is 0.0463. The molecule has 98 valence electrons. The van der Waals surface area contributed by atoms with Crippen LogP contribution in [-0.2, 0) is 4.74 Å². The van der Waals surface area contributed by atoms with Crippen LogP contribution in [0, 0.1) is 0 Å². The van der Waals surface area contributed by atoms with Crippen LogP contribution < -0.4 is 16.0 Å². The number of rotatable bonds is 4. The number of aromatic nitrogens is 2. The maximum Gasteiger partial charge on any atom is 0.141 e. The van der Waals surface area contributed by atoms with E-state index in [2.05, 4.69) is 26.8 Å². The second kappa shape index (κ2) is 5.79. The van der Waals surface area contributed by atoms with Crippen molar-refractivity contribution in [2.75, 3.05) is 43.5 Å².